The highest BCUT2D eigenvalue weighted by atomic mass is 15.3. The van der Waals surface area contributed by atoms with Gasteiger partial charge >= 0.3 is 0 Å². The number of rotatable bonds is 6. The third-order valence-corrected chi connectivity index (χ3v) is 4.80. The van der Waals surface area contributed by atoms with E-state index in [9.17, 15) is 0 Å². The Bertz CT molecular complexity index is 385. The molecule has 3 nitrogen and oxygen atoms in total. The number of hydrogen-bond donors (Lipinski definition) is 1. The standard InChI is InChI=1S/C17H31N3/c1-4-14(3)20-12-11-16(19-20)13-15-9-7-6-8-10-17(15)18-5-2/h11-12,14-15,17-18H,4-10,13H2,1-3H3. The lowest BCUT2D eigenvalue weighted by molar-refractivity contribution is 0.333. The first kappa shape index (κ1) is 15.6. The molecule has 114 valence electrons. The normalized spacial score (nSPS) is 25.4. The molecule has 2 rings (SSSR count). The molecule has 20 heavy (non-hydrogen) atoms. The van der Waals surface area contributed by atoms with Crippen molar-refractivity contribution in [2.45, 2.75) is 77.8 Å². The molecule has 1 N–H and O–H groups in total. The average molecular weight is 277 g/mol. The maximum atomic E-state index is 4.79. The van der Waals surface area contributed by atoms with E-state index in [0.29, 0.717) is 12.1 Å². The summed E-state index contributed by atoms with van der Waals surface area (Å²) in [5, 5.41) is 8.49. The van der Waals surface area contributed by atoms with Gasteiger partial charge in [0.05, 0.1) is 5.69 Å². The topological polar surface area (TPSA) is 29.9 Å². The molecule has 1 aliphatic rings. The van der Waals surface area contributed by atoms with Gasteiger partial charge in [0, 0.05) is 18.3 Å². The van der Waals surface area contributed by atoms with Crippen molar-refractivity contribution in [3.63, 3.8) is 0 Å². The van der Waals surface area contributed by atoms with Gasteiger partial charge in [0.1, 0.15) is 0 Å². The molecule has 1 saturated carbocycles. The summed E-state index contributed by atoms with van der Waals surface area (Å²) < 4.78 is 2.13. The van der Waals surface area contributed by atoms with Crippen molar-refractivity contribution < 1.29 is 0 Å². The van der Waals surface area contributed by atoms with Crippen LogP contribution >= 0.6 is 0 Å². The van der Waals surface area contributed by atoms with Crippen molar-refractivity contribution >= 4 is 0 Å². The van der Waals surface area contributed by atoms with Crippen LogP contribution in [-0.2, 0) is 6.42 Å². The first-order chi connectivity index (χ1) is 9.74. The lowest BCUT2D eigenvalue weighted by Gasteiger charge is -2.25. The minimum atomic E-state index is 0.516. The van der Waals surface area contributed by atoms with Gasteiger partial charge in [0.15, 0.2) is 0 Å². The Morgan fingerprint density at radius 2 is 2.10 bits per heavy atom. The van der Waals surface area contributed by atoms with Crippen LogP contribution in [0.15, 0.2) is 12.3 Å². The zero-order valence-electron chi connectivity index (χ0n) is 13.4. The fraction of sp³-hybridized carbons (Fsp3) is 0.824. The second-order valence-electron chi connectivity index (χ2n) is 6.31. The van der Waals surface area contributed by atoms with Crippen LogP contribution < -0.4 is 5.32 Å². The predicted octanol–water partition coefficient (Wildman–Crippen LogP) is 3.96. The van der Waals surface area contributed by atoms with Gasteiger partial charge in [0.25, 0.3) is 0 Å². The molecular formula is C17H31N3. The van der Waals surface area contributed by atoms with E-state index in [1.807, 2.05) is 0 Å². The summed E-state index contributed by atoms with van der Waals surface area (Å²) in [6.07, 6.45) is 11.3. The highest BCUT2D eigenvalue weighted by Gasteiger charge is 2.24. The van der Waals surface area contributed by atoms with Gasteiger partial charge in [-0.15, -0.1) is 0 Å². The van der Waals surface area contributed by atoms with Crippen LogP contribution in [0.25, 0.3) is 0 Å². The second kappa shape index (κ2) is 7.82. The maximum Gasteiger partial charge on any atom is 0.0628 e. The molecule has 0 aromatic carbocycles. The van der Waals surface area contributed by atoms with Gasteiger partial charge in [0.2, 0.25) is 0 Å². The number of nitrogens with zero attached hydrogens (tertiary/aromatic N) is 2. The first-order valence-corrected chi connectivity index (χ1v) is 8.52. The molecule has 1 aromatic rings. The lowest BCUT2D eigenvalue weighted by atomic mass is 9.90. The van der Waals surface area contributed by atoms with Crippen molar-refractivity contribution in [2.75, 3.05) is 6.54 Å². The average Bonchev–Trinajstić information content (AvgIpc) is 2.81. The van der Waals surface area contributed by atoms with Crippen LogP contribution in [0.5, 0.6) is 0 Å². The highest BCUT2D eigenvalue weighted by Crippen LogP contribution is 2.26. The van der Waals surface area contributed by atoms with Crippen LogP contribution in [0.1, 0.15) is 71.0 Å². The molecule has 3 heteroatoms. The van der Waals surface area contributed by atoms with Gasteiger partial charge < -0.3 is 5.32 Å². The van der Waals surface area contributed by atoms with Crippen LogP contribution in [0.3, 0.4) is 0 Å². The van der Waals surface area contributed by atoms with Crippen LogP contribution in [0.2, 0.25) is 0 Å². The zero-order chi connectivity index (χ0) is 14.4. The highest BCUT2D eigenvalue weighted by molar-refractivity contribution is 5.02. The van der Waals surface area contributed by atoms with Crippen molar-refractivity contribution in [2.24, 2.45) is 5.92 Å². The van der Waals surface area contributed by atoms with Gasteiger partial charge in [-0.1, -0.05) is 33.1 Å². The van der Waals surface area contributed by atoms with Crippen LogP contribution in [0, 0.1) is 5.92 Å². The largest absolute Gasteiger partial charge is 0.314 e. The van der Waals surface area contributed by atoms with E-state index in [-0.39, 0.29) is 0 Å². The van der Waals surface area contributed by atoms with Crippen LogP contribution in [0.4, 0.5) is 0 Å². The van der Waals surface area contributed by atoms with Gasteiger partial charge in [-0.3, -0.25) is 4.68 Å². The molecule has 3 unspecified atom stereocenters. The monoisotopic (exact) mass is 277 g/mol. The molecule has 0 saturated heterocycles. The predicted molar refractivity (Wildman–Crippen MR) is 85.0 cm³/mol. The third-order valence-electron chi connectivity index (χ3n) is 4.80. The Labute approximate surface area is 124 Å². The molecule has 1 fully saturated rings. The Kier molecular flexibility index (Phi) is 6.08. The SMILES string of the molecule is CCNC1CCCCCC1Cc1ccn(C(C)CC)n1. The Morgan fingerprint density at radius 3 is 2.85 bits per heavy atom. The molecule has 1 aliphatic carbocycles. The molecule has 0 spiro atoms. The summed E-state index contributed by atoms with van der Waals surface area (Å²) in [6, 6.07) is 3.43. The van der Waals surface area contributed by atoms with E-state index >= 15 is 0 Å². The van der Waals surface area contributed by atoms with Gasteiger partial charge in [-0.05, 0) is 51.1 Å². The van der Waals surface area contributed by atoms with Crippen LogP contribution in [-0.4, -0.2) is 22.4 Å². The summed E-state index contributed by atoms with van der Waals surface area (Å²) in [6.45, 7) is 7.77. The minimum absolute atomic E-state index is 0.516. The molecular weight excluding hydrogens is 246 g/mol. The number of hydrogen-bond acceptors (Lipinski definition) is 2. The quantitative estimate of drug-likeness (QED) is 0.798. The fourth-order valence-corrected chi connectivity index (χ4v) is 3.35. The Balaban J connectivity index is 2.00. The zero-order valence-corrected chi connectivity index (χ0v) is 13.4. The van der Waals surface area contributed by atoms with E-state index < -0.39 is 0 Å². The Morgan fingerprint density at radius 1 is 1.30 bits per heavy atom. The fourth-order valence-electron chi connectivity index (χ4n) is 3.35. The van der Waals surface area contributed by atoms with E-state index in [1.165, 1.54) is 37.8 Å². The molecule has 0 aliphatic heterocycles. The summed E-state index contributed by atoms with van der Waals surface area (Å²) in [7, 11) is 0. The summed E-state index contributed by atoms with van der Waals surface area (Å²) in [5.74, 6) is 0.762. The van der Waals surface area contributed by atoms with E-state index in [0.717, 1.165) is 25.3 Å². The minimum Gasteiger partial charge on any atom is -0.314 e. The van der Waals surface area contributed by atoms with E-state index in [4.69, 9.17) is 5.10 Å². The number of aromatic nitrogens is 2. The van der Waals surface area contributed by atoms with E-state index in [1.54, 1.807) is 0 Å². The molecule has 0 bridgehead atoms. The third kappa shape index (κ3) is 4.08. The molecule has 0 amide bonds. The maximum absolute atomic E-state index is 4.79. The first-order valence-electron chi connectivity index (χ1n) is 8.52. The molecule has 1 aromatic heterocycles. The smallest absolute Gasteiger partial charge is 0.0628 e. The summed E-state index contributed by atoms with van der Waals surface area (Å²) in [4.78, 5) is 0. The van der Waals surface area contributed by atoms with Crippen molar-refractivity contribution in [3.8, 4) is 0 Å². The van der Waals surface area contributed by atoms with Gasteiger partial charge in [-0.2, -0.15) is 5.10 Å². The lowest BCUT2D eigenvalue weighted by Crippen LogP contribution is -2.36. The van der Waals surface area contributed by atoms with Crippen molar-refractivity contribution in [1.82, 2.24) is 15.1 Å². The summed E-state index contributed by atoms with van der Waals surface area (Å²) in [5.41, 5.74) is 1.28. The second-order valence-corrected chi connectivity index (χ2v) is 6.31. The van der Waals surface area contributed by atoms with E-state index in [2.05, 4.69) is 43.0 Å². The molecule has 1 heterocycles. The van der Waals surface area contributed by atoms with Crippen molar-refractivity contribution in [3.05, 3.63) is 18.0 Å². The Hall–Kier alpha value is -0.830. The van der Waals surface area contributed by atoms with Gasteiger partial charge in [-0.25, -0.2) is 0 Å². The molecule has 3 atom stereocenters. The summed E-state index contributed by atoms with van der Waals surface area (Å²) >= 11 is 0. The number of nitrogens with one attached hydrogen (secondary N) is 1. The molecule has 0 radical (unpaired) electrons. The van der Waals surface area contributed by atoms with Crippen molar-refractivity contribution in [1.29, 1.82) is 0 Å².